The first-order chi connectivity index (χ1) is 9.08. The minimum atomic E-state index is -0.169. The Kier molecular flexibility index (Phi) is 4.35. The van der Waals surface area contributed by atoms with Crippen molar-refractivity contribution in [3.8, 4) is 0 Å². The number of hydrogen-bond acceptors (Lipinski definition) is 4. The van der Waals surface area contributed by atoms with Crippen molar-refractivity contribution in [1.29, 1.82) is 0 Å². The largest absolute Gasteiger partial charge is 0.382 e. The van der Waals surface area contributed by atoms with Crippen molar-refractivity contribution in [1.82, 2.24) is 15.3 Å². The van der Waals surface area contributed by atoms with Gasteiger partial charge in [0.05, 0.1) is 12.4 Å². The van der Waals surface area contributed by atoms with Gasteiger partial charge in [0.25, 0.3) is 5.91 Å². The normalized spacial score (nSPS) is 23.3. The van der Waals surface area contributed by atoms with Crippen molar-refractivity contribution in [2.45, 2.75) is 45.6 Å². The molecule has 0 bridgehead atoms. The van der Waals surface area contributed by atoms with Crippen LogP contribution in [0.25, 0.3) is 0 Å². The lowest BCUT2D eigenvalue weighted by Gasteiger charge is -2.34. The molecule has 1 fully saturated rings. The van der Waals surface area contributed by atoms with Gasteiger partial charge < -0.3 is 11.1 Å². The number of nitrogens with two attached hydrogens (primary N) is 1. The molecule has 1 aromatic rings. The molecule has 1 aromatic heterocycles. The van der Waals surface area contributed by atoms with Gasteiger partial charge in [-0.05, 0) is 24.7 Å². The molecule has 0 spiro atoms. The molecule has 2 unspecified atom stereocenters. The Balaban J connectivity index is 2.04. The summed E-state index contributed by atoms with van der Waals surface area (Å²) in [5.74, 6) is 1.23. The maximum Gasteiger partial charge on any atom is 0.271 e. The number of hydrogen-bond donors (Lipinski definition) is 2. The Hall–Kier alpha value is -1.65. The van der Waals surface area contributed by atoms with Gasteiger partial charge in [-0.2, -0.15) is 0 Å². The number of nitrogens with zero attached hydrogens (tertiary/aromatic N) is 2. The van der Waals surface area contributed by atoms with E-state index in [-0.39, 0.29) is 17.8 Å². The summed E-state index contributed by atoms with van der Waals surface area (Å²) in [6.45, 7) is 4.44. The molecule has 19 heavy (non-hydrogen) atoms. The van der Waals surface area contributed by atoms with Crippen LogP contribution in [0.3, 0.4) is 0 Å². The molecular formula is C14H22N4O. The number of rotatable bonds is 3. The number of carbonyl (C=O) groups excluding carboxylic acids is 1. The van der Waals surface area contributed by atoms with Crippen LogP contribution in [0.15, 0.2) is 12.4 Å². The van der Waals surface area contributed by atoms with Gasteiger partial charge in [-0.1, -0.05) is 26.7 Å². The van der Waals surface area contributed by atoms with Gasteiger partial charge in [0, 0.05) is 6.04 Å². The zero-order valence-electron chi connectivity index (χ0n) is 11.6. The van der Waals surface area contributed by atoms with E-state index in [0.717, 1.165) is 6.42 Å². The van der Waals surface area contributed by atoms with E-state index in [2.05, 4.69) is 29.1 Å². The molecule has 2 atom stereocenters. The predicted molar refractivity (Wildman–Crippen MR) is 74.5 cm³/mol. The van der Waals surface area contributed by atoms with Crippen LogP contribution in [0.5, 0.6) is 0 Å². The lowest BCUT2D eigenvalue weighted by molar-refractivity contribution is 0.0883. The van der Waals surface area contributed by atoms with E-state index < -0.39 is 0 Å². The fraction of sp³-hybridized carbons (Fsp3) is 0.643. The van der Waals surface area contributed by atoms with Gasteiger partial charge in [0.15, 0.2) is 0 Å². The molecule has 0 radical (unpaired) electrons. The molecule has 0 aliphatic heterocycles. The Morgan fingerprint density at radius 3 is 2.79 bits per heavy atom. The summed E-state index contributed by atoms with van der Waals surface area (Å²) < 4.78 is 0. The fourth-order valence-corrected chi connectivity index (χ4v) is 2.87. The number of anilines is 1. The minimum Gasteiger partial charge on any atom is -0.382 e. The third kappa shape index (κ3) is 3.43. The molecule has 1 saturated carbocycles. The molecular weight excluding hydrogens is 240 g/mol. The molecule has 1 aliphatic rings. The standard InChI is InChI=1S/C14H22N4O/c1-9(2)10-5-3-4-6-11(10)18-14(19)12-7-16-8-13(15)17-12/h7-11H,3-6H2,1-2H3,(H2,15,17)(H,18,19). The van der Waals surface area contributed by atoms with Gasteiger partial charge >= 0.3 is 0 Å². The molecule has 2 rings (SSSR count). The monoisotopic (exact) mass is 262 g/mol. The van der Waals surface area contributed by atoms with Crippen molar-refractivity contribution in [2.24, 2.45) is 11.8 Å². The molecule has 0 saturated heterocycles. The van der Waals surface area contributed by atoms with Gasteiger partial charge in [-0.25, -0.2) is 4.98 Å². The smallest absolute Gasteiger partial charge is 0.271 e. The second-order valence-electron chi connectivity index (χ2n) is 5.60. The molecule has 104 valence electrons. The third-order valence-corrected chi connectivity index (χ3v) is 3.88. The number of nitrogens with one attached hydrogen (secondary N) is 1. The molecule has 3 N–H and O–H groups in total. The zero-order valence-corrected chi connectivity index (χ0v) is 11.6. The molecule has 5 heteroatoms. The highest BCUT2D eigenvalue weighted by Crippen LogP contribution is 2.30. The summed E-state index contributed by atoms with van der Waals surface area (Å²) in [6.07, 6.45) is 7.56. The quantitative estimate of drug-likeness (QED) is 0.873. The zero-order chi connectivity index (χ0) is 13.8. The number of carbonyl (C=O) groups is 1. The Labute approximate surface area is 114 Å². The van der Waals surface area contributed by atoms with E-state index in [9.17, 15) is 4.79 Å². The molecule has 1 aliphatic carbocycles. The summed E-state index contributed by atoms with van der Waals surface area (Å²) >= 11 is 0. The summed E-state index contributed by atoms with van der Waals surface area (Å²) in [6, 6.07) is 0.240. The summed E-state index contributed by atoms with van der Waals surface area (Å²) in [4.78, 5) is 20.1. The third-order valence-electron chi connectivity index (χ3n) is 3.88. The highest BCUT2D eigenvalue weighted by atomic mass is 16.1. The van der Waals surface area contributed by atoms with E-state index in [0.29, 0.717) is 17.5 Å². The average molecular weight is 262 g/mol. The average Bonchev–Trinajstić information content (AvgIpc) is 2.39. The molecule has 0 aromatic carbocycles. The first-order valence-corrected chi connectivity index (χ1v) is 6.96. The Morgan fingerprint density at radius 2 is 2.11 bits per heavy atom. The second-order valence-corrected chi connectivity index (χ2v) is 5.60. The van der Waals surface area contributed by atoms with Crippen LogP contribution in [0.1, 0.15) is 50.0 Å². The van der Waals surface area contributed by atoms with E-state index in [1.165, 1.54) is 31.7 Å². The first kappa shape index (κ1) is 13.8. The van der Waals surface area contributed by atoms with Crippen LogP contribution in [0, 0.1) is 11.8 Å². The highest BCUT2D eigenvalue weighted by Gasteiger charge is 2.29. The van der Waals surface area contributed by atoms with Gasteiger partial charge in [0.2, 0.25) is 0 Å². The number of nitrogen functional groups attached to an aromatic ring is 1. The SMILES string of the molecule is CC(C)C1CCCCC1NC(=O)c1cncc(N)n1. The van der Waals surface area contributed by atoms with Gasteiger partial charge in [0.1, 0.15) is 11.5 Å². The Bertz CT molecular complexity index is 447. The maximum absolute atomic E-state index is 12.2. The van der Waals surface area contributed by atoms with E-state index in [4.69, 9.17) is 5.73 Å². The van der Waals surface area contributed by atoms with Crippen LogP contribution in [0.2, 0.25) is 0 Å². The summed E-state index contributed by atoms with van der Waals surface area (Å²) in [5, 5.41) is 3.10. The topological polar surface area (TPSA) is 80.9 Å². The van der Waals surface area contributed by atoms with Crippen LogP contribution < -0.4 is 11.1 Å². The van der Waals surface area contributed by atoms with Crippen molar-refractivity contribution >= 4 is 11.7 Å². The predicted octanol–water partition coefficient (Wildman–Crippen LogP) is 2.00. The lowest BCUT2D eigenvalue weighted by atomic mass is 9.78. The number of aromatic nitrogens is 2. The van der Waals surface area contributed by atoms with E-state index in [1.807, 2.05) is 0 Å². The highest BCUT2D eigenvalue weighted by molar-refractivity contribution is 5.92. The van der Waals surface area contributed by atoms with Gasteiger partial charge in [-0.15, -0.1) is 0 Å². The molecule has 5 nitrogen and oxygen atoms in total. The van der Waals surface area contributed by atoms with Crippen molar-refractivity contribution in [3.05, 3.63) is 18.1 Å². The van der Waals surface area contributed by atoms with Crippen LogP contribution in [0.4, 0.5) is 5.82 Å². The van der Waals surface area contributed by atoms with E-state index in [1.54, 1.807) is 0 Å². The number of amides is 1. The van der Waals surface area contributed by atoms with Crippen LogP contribution in [-0.4, -0.2) is 21.9 Å². The van der Waals surface area contributed by atoms with Crippen LogP contribution >= 0.6 is 0 Å². The van der Waals surface area contributed by atoms with Crippen molar-refractivity contribution in [2.75, 3.05) is 5.73 Å². The van der Waals surface area contributed by atoms with Crippen molar-refractivity contribution < 1.29 is 4.79 Å². The minimum absolute atomic E-state index is 0.169. The summed E-state index contributed by atoms with van der Waals surface area (Å²) in [5.41, 5.74) is 5.85. The molecule has 1 amide bonds. The first-order valence-electron chi connectivity index (χ1n) is 6.96. The fourth-order valence-electron chi connectivity index (χ4n) is 2.87. The van der Waals surface area contributed by atoms with Crippen molar-refractivity contribution in [3.63, 3.8) is 0 Å². The van der Waals surface area contributed by atoms with Crippen LogP contribution in [-0.2, 0) is 0 Å². The Morgan fingerprint density at radius 1 is 1.37 bits per heavy atom. The summed E-state index contributed by atoms with van der Waals surface area (Å²) in [7, 11) is 0. The lowest BCUT2D eigenvalue weighted by Crippen LogP contribution is -2.44. The molecule has 1 heterocycles. The van der Waals surface area contributed by atoms with E-state index >= 15 is 0 Å². The second kappa shape index (κ2) is 5.99. The maximum atomic E-state index is 12.2. The van der Waals surface area contributed by atoms with Gasteiger partial charge in [-0.3, -0.25) is 9.78 Å².